The third-order valence-corrected chi connectivity index (χ3v) is 6.63. The first-order chi connectivity index (χ1) is 15.4. The standard InChI is InChI=1S/C22H21ClFN5O2S/c1-13-2-3-15(23)12-18(13)26-22(31)29-10-8-14(9-11-29)20-27-28-21(32-20)19(30)25-17-6-4-16(24)5-7-17/h2-7,12,14H,8-11H2,1H3,(H,25,30)(H,26,31). The van der Waals surface area contributed by atoms with Crippen LogP contribution < -0.4 is 10.6 Å². The lowest BCUT2D eigenvalue weighted by Gasteiger charge is -2.31. The first kappa shape index (κ1) is 22.2. The summed E-state index contributed by atoms with van der Waals surface area (Å²) in [5.74, 6) is -0.616. The Labute approximate surface area is 193 Å². The molecule has 0 radical (unpaired) electrons. The van der Waals surface area contributed by atoms with Crippen molar-refractivity contribution in [2.24, 2.45) is 0 Å². The summed E-state index contributed by atoms with van der Waals surface area (Å²) in [6, 6.07) is 10.8. The number of rotatable bonds is 4. The molecular weight excluding hydrogens is 453 g/mol. The Balaban J connectivity index is 1.32. The molecule has 1 aliphatic rings. The molecule has 3 aromatic rings. The van der Waals surface area contributed by atoms with Crippen LogP contribution in [0.1, 0.15) is 39.1 Å². The van der Waals surface area contributed by atoms with E-state index in [9.17, 15) is 14.0 Å². The number of nitrogens with zero attached hydrogens (tertiary/aromatic N) is 3. The lowest BCUT2D eigenvalue weighted by molar-refractivity contribution is 0.102. The molecule has 0 unspecified atom stereocenters. The maximum Gasteiger partial charge on any atom is 0.321 e. The van der Waals surface area contributed by atoms with Gasteiger partial charge < -0.3 is 15.5 Å². The Bertz CT molecular complexity index is 1130. The third-order valence-electron chi connectivity index (χ3n) is 5.31. The Morgan fingerprint density at radius 3 is 2.53 bits per heavy atom. The number of benzene rings is 2. The highest BCUT2D eigenvalue weighted by molar-refractivity contribution is 7.13. The normalized spacial score (nSPS) is 14.3. The van der Waals surface area contributed by atoms with Crippen molar-refractivity contribution in [2.75, 3.05) is 23.7 Å². The number of nitrogens with one attached hydrogen (secondary N) is 2. The second-order valence-electron chi connectivity index (χ2n) is 7.56. The number of aromatic nitrogens is 2. The zero-order valence-corrected chi connectivity index (χ0v) is 18.8. The van der Waals surface area contributed by atoms with Gasteiger partial charge in [0.1, 0.15) is 10.8 Å². The quantitative estimate of drug-likeness (QED) is 0.538. The molecule has 1 saturated heterocycles. The van der Waals surface area contributed by atoms with Gasteiger partial charge in [-0.3, -0.25) is 4.79 Å². The molecule has 32 heavy (non-hydrogen) atoms. The van der Waals surface area contributed by atoms with Gasteiger partial charge in [0.25, 0.3) is 5.91 Å². The van der Waals surface area contributed by atoms with E-state index >= 15 is 0 Å². The molecule has 166 valence electrons. The van der Waals surface area contributed by atoms with Gasteiger partial charge in [-0.2, -0.15) is 0 Å². The lowest BCUT2D eigenvalue weighted by atomic mass is 9.98. The van der Waals surface area contributed by atoms with Crippen LogP contribution in [0.3, 0.4) is 0 Å². The van der Waals surface area contributed by atoms with E-state index < -0.39 is 0 Å². The fourth-order valence-electron chi connectivity index (χ4n) is 3.46. The molecule has 0 bridgehead atoms. The molecule has 1 aliphatic heterocycles. The number of aryl methyl sites for hydroxylation is 1. The van der Waals surface area contributed by atoms with Crippen LogP contribution in [-0.2, 0) is 0 Å². The van der Waals surface area contributed by atoms with Crippen LogP contribution in [0.5, 0.6) is 0 Å². The van der Waals surface area contributed by atoms with Gasteiger partial charge >= 0.3 is 6.03 Å². The summed E-state index contributed by atoms with van der Waals surface area (Å²) in [5.41, 5.74) is 2.13. The van der Waals surface area contributed by atoms with E-state index in [0.29, 0.717) is 29.5 Å². The molecular formula is C22H21ClFN5O2S. The number of hydrogen-bond donors (Lipinski definition) is 2. The van der Waals surface area contributed by atoms with Crippen molar-refractivity contribution in [1.82, 2.24) is 15.1 Å². The molecule has 0 atom stereocenters. The fourth-order valence-corrected chi connectivity index (χ4v) is 4.54. The zero-order valence-electron chi connectivity index (χ0n) is 17.3. The number of piperidine rings is 1. The predicted molar refractivity (Wildman–Crippen MR) is 123 cm³/mol. The highest BCUT2D eigenvalue weighted by Gasteiger charge is 2.27. The molecule has 4 rings (SSSR count). The lowest BCUT2D eigenvalue weighted by Crippen LogP contribution is -2.40. The van der Waals surface area contributed by atoms with E-state index in [2.05, 4.69) is 20.8 Å². The SMILES string of the molecule is Cc1ccc(Cl)cc1NC(=O)N1CCC(c2nnc(C(=O)Nc3ccc(F)cc3)s2)CC1. The summed E-state index contributed by atoms with van der Waals surface area (Å²) in [5, 5.41) is 15.4. The van der Waals surface area contributed by atoms with Gasteiger partial charge in [0.2, 0.25) is 5.01 Å². The number of anilines is 2. The number of likely N-dealkylation sites (tertiary alicyclic amines) is 1. The molecule has 0 saturated carbocycles. The van der Waals surface area contributed by atoms with Gasteiger partial charge in [-0.15, -0.1) is 10.2 Å². The minimum Gasteiger partial charge on any atom is -0.324 e. The summed E-state index contributed by atoms with van der Waals surface area (Å²) >= 11 is 7.27. The molecule has 3 amide bonds. The van der Waals surface area contributed by atoms with Crippen LogP contribution in [0.15, 0.2) is 42.5 Å². The van der Waals surface area contributed by atoms with Crippen LogP contribution in [-0.4, -0.2) is 40.1 Å². The first-order valence-electron chi connectivity index (χ1n) is 10.1. The van der Waals surface area contributed by atoms with Gasteiger partial charge in [-0.25, -0.2) is 9.18 Å². The van der Waals surface area contributed by atoms with Crippen molar-refractivity contribution in [1.29, 1.82) is 0 Å². The van der Waals surface area contributed by atoms with E-state index in [1.165, 1.54) is 35.6 Å². The number of halogens is 2. The maximum atomic E-state index is 13.0. The summed E-state index contributed by atoms with van der Waals surface area (Å²) in [6.45, 7) is 3.07. The number of urea groups is 1. The van der Waals surface area contributed by atoms with Gasteiger partial charge in [0.05, 0.1) is 0 Å². The summed E-state index contributed by atoms with van der Waals surface area (Å²) in [6.07, 6.45) is 1.46. The minimum absolute atomic E-state index is 0.136. The van der Waals surface area contributed by atoms with Gasteiger partial charge in [0, 0.05) is 35.4 Å². The Kier molecular flexibility index (Phi) is 6.66. The largest absolute Gasteiger partial charge is 0.324 e. The molecule has 2 aromatic carbocycles. The average molecular weight is 474 g/mol. The highest BCUT2D eigenvalue weighted by Crippen LogP contribution is 2.31. The molecule has 0 aliphatic carbocycles. The van der Waals surface area contributed by atoms with Crippen molar-refractivity contribution in [3.8, 4) is 0 Å². The molecule has 1 fully saturated rings. The zero-order chi connectivity index (χ0) is 22.7. The van der Waals surface area contributed by atoms with E-state index in [-0.39, 0.29) is 28.7 Å². The van der Waals surface area contributed by atoms with Crippen molar-refractivity contribution < 1.29 is 14.0 Å². The number of hydrogen-bond acceptors (Lipinski definition) is 5. The topological polar surface area (TPSA) is 87.2 Å². The molecule has 0 spiro atoms. The second kappa shape index (κ2) is 9.62. The van der Waals surface area contributed by atoms with Crippen LogP contribution in [0.4, 0.5) is 20.6 Å². The summed E-state index contributed by atoms with van der Waals surface area (Å²) < 4.78 is 13.0. The van der Waals surface area contributed by atoms with E-state index in [4.69, 9.17) is 11.6 Å². The number of carbonyl (C=O) groups is 2. The summed E-state index contributed by atoms with van der Waals surface area (Å²) in [4.78, 5) is 26.8. The van der Waals surface area contributed by atoms with Gasteiger partial charge in [-0.1, -0.05) is 29.0 Å². The van der Waals surface area contributed by atoms with E-state index in [1.807, 2.05) is 13.0 Å². The Hall–Kier alpha value is -3.04. The predicted octanol–water partition coefficient (Wildman–Crippen LogP) is 5.30. The maximum absolute atomic E-state index is 13.0. The van der Waals surface area contributed by atoms with Crippen molar-refractivity contribution >= 4 is 46.3 Å². The van der Waals surface area contributed by atoms with Gasteiger partial charge in [-0.05, 0) is 61.7 Å². The Morgan fingerprint density at radius 1 is 1.09 bits per heavy atom. The minimum atomic E-state index is -0.380. The van der Waals surface area contributed by atoms with Crippen molar-refractivity contribution in [2.45, 2.75) is 25.7 Å². The molecule has 2 heterocycles. The van der Waals surface area contributed by atoms with Crippen LogP contribution in [0, 0.1) is 12.7 Å². The molecule has 1 aromatic heterocycles. The van der Waals surface area contributed by atoms with Gasteiger partial charge in [0.15, 0.2) is 0 Å². The average Bonchev–Trinajstić information content (AvgIpc) is 3.28. The number of amides is 3. The highest BCUT2D eigenvalue weighted by atomic mass is 35.5. The molecule has 2 N–H and O–H groups in total. The van der Waals surface area contributed by atoms with Crippen LogP contribution in [0.25, 0.3) is 0 Å². The van der Waals surface area contributed by atoms with E-state index in [1.54, 1.807) is 17.0 Å². The third kappa shape index (κ3) is 5.23. The molecule has 7 nitrogen and oxygen atoms in total. The molecule has 10 heteroatoms. The van der Waals surface area contributed by atoms with Crippen molar-refractivity contribution in [3.63, 3.8) is 0 Å². The Morgan fingerprint density at radius 2 is 1.81 bits per heavy atom. The van der Waals surface area contributed by atoms with E-state index in [0.717, 1.165) is 23.4 Å². The smallest absolute Gasteiger partial charge is 0.321 e. The monoisotopic (exact) mass is 473 g/mol. The van der Waals surface area contributed by atoms with Crippen LogP contribution >= 0.6 is 22.9 Å². The summed E-state index contributed by atoms with van der Waals surface area (Å²) in [7, 11) is 0. The number of carbonyl (C=O) groups excluding carboxylic acids is 2. The van der Waals surface area contributed by atoms with Crippen LogP contribution in [0.2, 0.25) is 5.02 Å². The van der Waals surface area contributed by atoms with Crippen molar-refractivity contribution in [3.05, 3.63) is 68.9 Å². The first-order valence-corrected chi connectivity index (χ1v) is 11.3. The second-order valence-corrected chi connectivity index (χ2v) is 9.00. The fraction of sp³-hybridized carbons (Fsp3) is 0.273.